The number of rotatable bonds is 10. The molecule has 1 aliphatic heterocycles. The molecule has 1 saturated heterocycles. The number of aryl methyl sites for hydroxylation is 1. The predicted molar refractivity (Wildman–Crippen MR) is 145 cm³/mol. The molecule has 2 aromatic heterocycles. The number of carbonyl (C=O) groups is 1. The first kappa shape index (κ1) is 25.4. The van der Waals surface area contributed by atoms with Crippen molar-refractivity contribution in [3.05, 3.63) is 41.5 Å². The third kappa shape index (κ3) is 6.30. The van der Waals surface area contributed by atoms with Crippen molar-refractivity contribution in [1.29, 1.82) is 0 Å². The van der Waals surface area contributed by atoms with Crippen LogP contribution in [-0.2, 0) is 4.79 Å². The van der Waals surface area contributed by atoms with Crippen LogP contribution < -0.4 is 20.3 Å². The molecule has 4 rings (SSSR count). The number of hydrogen-bond acceptors (Lipinski definition) is 7. The Balaban J connectivity index is 1.27. The number of anilines is 2. The number of carbonyl (C=O) groups excluding carboxylic acids is 1. The summed E-state index contributed by atoms with van der Waals surface area (Å²) in [5.74, 6) is 2.52. The van der Waals surface area contributed by atoms with E-state index in [1.165, 1.54) is 0 Å². The number of piperidine rings is 1. The Morgan fingerprint density at radius 3 is 2.77 bits per heavy atom. The SMILES string of the molecule is CNCCOc1ccc(C)c(NC(=O)CCCC2C[C@@H](C)N(c3ncnc4sccc34)[C@@H](C)C2)c1. The highest BCUT2D eigenvalue weighted by atomic mass is 32.1. The van der Waals surface area contributed by atoms with Gasteiger partial charge in [0.1, 0.15) is 29.3 Å². The standard InChI is InChI=1S/C27H37N5O2S/c1-18-8-9-22(34-12-11-28-4)16-24(18)31-25(33)7-5-6-21-14-19(2)32(20(3)15-21)26-23-10-13-35-27(23)30-17-29-26/h8-10,13,16-17,19-21,28H,5-7,11-12,14-15H2,1-4H3,(H,31,33)/t19-,20+,21?. The zero-order valence-corrected chi connectivity index (χ0v) is 22.0. The zero-order valence-electron chi connectivity index (χ0n) is 21.2. The fourth-order valence-corrected chi connectivity index (χ4v) is 5.95. The average molecular weight is 496 g/mol. The highest BCUT2D eigenvalue weighted by molar-refractivity contribution is 7.16. The maximum Gasteiger partial charge on any atom is 0.224 e. The van der Waals surface area contributed by atoms with E-state index in [0.29, 0.717) is 31.0 Å². The lowest BCUT2D eigenvalue weighted by atomic mass is 9.83. The molecule has 3 atom stereocenters. The van der Waals surface area contributed by atoms with Gasteiger partial charge in [-0.15, -0.1) is 11.3 Å². The third-order valence-corrected chi connectivity index (χ3v) is 7.72. The fourth-order valence-electron chi connectivity index (χ4n) is 5.22. The van der Waals surface area contributed by atoms with Crippen molar-refractivity contribution in [1.82, 2.24) is 15.3 Å². The van der Waals surface area contributed by atoms with Gasteiger partial charge >= 0.3 is 0 Å². The fraction of sp³-hybridized carbons (Fsp3) is 0.519. The molecule has 1 fully saturated rings. The van der Waals surface area contributed by atoms with Crippen LogP contribution in [0.4, 0.5) is 11.5 Å². The lowest BCUT2D eigenvalue weighted by molar-refractivity contribution is -0.116. The number of amides is 1. The molecule has 0 aliphatic carbocycles. The molecule has 0 spiro atoms. The van der Waals surface area contributed by atoms with Crippen LogP contribution in [-0.4, -0.2) is 48.2 Å². The van der Waals surface area contributed by atoms with Crippen LogP contribution in [0.3, 0.4) is 0 Å². The summed E-state index contributed by atoms with van der Waals surface area (Å²) < 4.78 is 5.74. The number of thiophene rings is 1. The van der Waals surface area contributed by atoms with Crippen molar-refractivity contribution >= 4 is 39.0 Å². The number of nitrogens with one attached hydrogen (secondary N) is 2. The molecule has 35 heavy (non-hydrogen) atoms. The second-order valence-corrected chi connectivity index (χ2v) is 10.5. The van der Waals surface area contributed by atoms with Gasteiger partial charge in [-0.1, -0.05) is 6.07 Å². The van der Waals surface area contributed by atoms with Gasteiger partial charge in [0.15, 0.2) is 0 Å². The van der Waals surface area contributed by atoms with Gasteiger partial charge in [0, 0.05) is 36.8 Å². The second kappa shape index (κ2) is 11.8. The van der Waals surface area contributed by atoms with Crippen LogP contribution in [0.25, 0.3) is 10.2 Å². The van der Waals surface area contributed by atoms with Crippen molar-refractivity contribution in [3.8, 4) is 5.75 Å². The Bertz CT molecular complexity index is 1120. The summed E-state index contributed by atoms with van der Waals surface area (Å²) in [6.45, 7) is 7.97. The van der Waals surface area contributed by atoms with E-state index in [2.05, 4.69) is 50.8 Å². The number of aromatic nitrogens is 2. The smallest absolute Gasteiger partial charge is 0.224 e. The lowest BCUT2D eigenvalue weighted by Gasteiger charge is -2.43. The van der Waals surface area contributed by atoms with Gasteiger partial charge < -0.3 is 20.3 Å². The van der Waals surface area contributed by atoms with Crippen LogP contribution in [0, 0.1) is 12.8 Å². The molecule has 1 amide bonds. The number of ether oxygens (including phenoxy) is 1. The molecule has 0 saturated carbocycles. The zero-order chi connectivity index (χ0) is 24.8. The van der Waals surface area contributed by atoms with Gasteiger partial charge in [0.05, 0.1) is 5.39 Å². The molecular weight excluding hydrogens is 458 g/mol. The van der Waals surface area contributed by atoms with Gasteiger partial charge in [-0.2, -0.15) is 0 Å². The van der Waals surface area contributed by atoms with Crippen LogP contribution in [0.1, 0.15) is 51.5 Å². The van der Waals surface area contributed by atoms with E-state index < -0.39 is 0 Å². The van der Waals surface area contributed by atoms with Crippen LogP contribution in [0.2, 0.25) is 0 Å². The normalized spacial score (nSPS) is 20.2. The summed E-state index contributed by atoms with van der Waals surface area (Å²) in [4.78, 5) is 25.2. The molecule has 2 N–H and O–H groups in total. The molecule has 3 aromatic rings. The molecule has 8 heteroatoms. The van der Waals surface area contributed by atoms with E-state index in [1.54, 1.807) is 17.7 Å². The van der Waals surface area contributed by atoms with Crippen LogP contribution in [0.15, 0.2) is 36.0 Å². The maximum absolute atomic E-state index is 12.7. The van der Waals surface area contributed by atoms with E-state index >= 15 is 0 Å². The summed E-state index contributed by atoms with van der Waals surface area (Å²) in [7, 11) is 1.90. The first-order chi connectivity index (χ1) is 17.0. The predicted octanol–water partition coefficient (Wildman–Crippen LogP) is 5.40. The topological polar surface area (TPSA) is 79.4 Å². The van der Waals surface area contributed by atoms with Crippen molar-refractivity contribution in [2.75, 3.05) is 30.4 Å². The molecule has 0 radical (unpaired) electrons. The quantitative estimate of drug-likeness (QED) is 0.367. The van der Waals surface area contributed by atoms with Gasteiger partial charge in [-0.3, -0.25) is 4.79 Å². The summed E-state index contributed by atoms with van der Waals surface area (Å²) in [5, 5.41) is 9.39. The monoisotopic (exact) mass is 495 g/mol. The largest absolute Gasteiger partial charge is 0.492 e. The van der Waals surface area contributed by atoms with Crippen molar-refractivity contribution in [3.63, 3.8) is 0 Å². The molecule has 1 aliphatic rings. The van der Waals surface area contributed by atoms with Crippen LogP contribution >= 0.6 is 11.3 Å². The molecule has 1 aromatic carbocycles. The van der Waals surface area contributed by atoms with E-state index in [0.717, 1.165) is 65.3 Å². The molecule has 3 heterocycles. The Kier molecular flexibility index (Phi) is 8.57. The highest BCUT2D eigenvalue weighted by Gasteiger charge is 2.32. The lowest BCUT2D eigenvalue weighted by Crippen LogP contribution is -2.47. The minimum absolute atomic E-state index is 0.0693. The van der Waals surface area contributed by atoms with Gasteiger partial charge in [-0.25, -0.2) is 9.97 Å². The van der Waals surface area contributed by atoms with E-state index in [-0.39, 0.29) is 5.91 Å². The molecule has 1 unspecified atom stereocenters. The third-order valence-electron chi connectivity index (χ3n) is 6.90. The Labute approximate surface area is 212 Å². The number of likely N-dealkylation sites (N-methyl/N-ethyl adjacent to an activating group) is 1. The first-order valence-electron chi connectivity index (χ1n) is 12.6. The van der Waals surface area contributed by atoms with Crippen molar-refractivity contribution in [2.45, 2.75) is 65.0 Å². The van der Waals surface area contributed by atoms with Gasteiger partial charge in [0.25, 0.3) is 0 Å². The number of nitrogens with zero attached hydrogens (tertiary/aromatic N) is 3. The first-order valence-corrected chi connectivity index (χ1v) is 13.5. The number of fused-ring (bicyclic) bond motifs is 1. The van der Waals surface area contributed by atoms with Gasteiger partial charge in [-0.05, 0) is 82.5 Å². The minimum Gasteiger partial charge on any atom is -0.492 e. The summed E-state index contributed by atoms with van der Waals surface area (Å²) in [5.41, 5.74) is 1.87. The molecule has 188 valence electrons. The Hall–Kier alpha value is -2.71. The second-order valence-electron chi connectivity index (χ2n) is 9.65. The minimum atomic E-state index is 0.0693. The van der Waals surface area contributed by atoms with E-state index in [9.17, 15) is 4.79 Å². The van der Waals surface area contributed by atoms with E-state index in [1.807, 2.05) is 32.2 Å². The number of benzene rings is 1. The Morgan fingerprint density at radius 1 is 1.20 bits per heavy atom. The number of hydrogen-bond donors (Lipinski definition) is 2. The summed E-state index contributed by atoms with van der Waals surface area (Å²) >= 11 is 1.66. The summed E-state index contributed by atoms with van der Waals surface area (Å²) in [6, 6.07) is 8.79. The maximum atomic E-state index is 12.7. The molecule has 7 nitrogen and oxygen atoms in total. The van der Waals surface area contributed by atoms with Gasteiger partial charge in [0.2, 0.25) is 5.91 Å². The Morgan fingerprint density at radius 2 is 2.00 bits per heavy atom. The molecular formula is C27H37N5O2S. The van der Waals surface area contributed by atoms with Crippen molar-refractivity contribution < 1.29 is 9.53 Å². The van der Waals surface area contributed by atoms with Crippen molar-refractivity contribution in [2.24, 2.45) is 5.92 Å². The molecule has 0 bridgehead atoms. The average Bonchev–Trinajstić information content (AvgIpc) is 3.31. The summed E-state index contributed by atoms with van der Waals surface area (Å²) in [6.07, 6.45) is 6.42. The highest BCUT2D eigenvalue weighted by Crippen LogP contribution is 2.37. The van der Waals surface area contributed by atoms with Crippen LogP contribution in [0.5, 0.6) is 5.75 Å². The van der Waals surface area contributed by atoms with E-state index in [4.69, 9.17) is 4.74 Å².